The minimum atomic E-state index is -0.364. The number of rotatable bonds is 1. The number of hydrogen-bond acceptors (Lipinski definition) is 2. The topological polar surface area (TPSA) is 46.3 Å². The predicted octanol–water partition coefficient (Wildman–Crippen LogP) is 1.64. The first-order valence-electron chi connectivity index (χ1n) is 6.45. The molecule has 1 saturated heterocycles. The summed E-state index contributed by atoms with van der Waals surface area (Å²) >= 11 is 0. The number of halogens is 1. The maximum Gasteiger partial charge on any atom is 0.253 e. The van der Waals surface area contributed by atoms with Gasteiger partial charge in [0.15, 0.2) is 0 Å². The normalized spacial score (nSPS) is 30.6. The first kappa shape index (κ1) is 11.7. The fourth-order valence-electron chi connectivity index (χ4n) is 3.28. The number of carbonyl (C=O) groups is 1. The van der Waals surface area contributed by atoms with Crippen molar-refractivity contribution in [3.8, 4) is 0 Å². The average molecular weight is 248 g/mol. The molecule has 1 amide bonds. The zero-order valence-electron chi connectivity index (χ0n) is 10.2. The first-order chi connectivity index (χ1) is 8.65. The quantitative estimate of drug-likeness (QED) is 0.821. The molecule has 1 aromatic rings. The zero-order valence-corrected chi connectivity index (χ0v) is 10.2. The van der Waals surface area contributed by atoms with Gasteiger partial charge >= 0.3 is 0 Å². The summed E-state index contributed by atoms with van der Waals surface area (Å²) in [4.78, 5) is 14.1. The third kappa shape index (κ3) is 1.90. The molecule has 3 atom stereocenters. The Kier molecular flexibility index (Phi) is 2.82. The Morgan fingerprint density at radius 3 is 2.89 bits per heavy atom. The van der Waals surface area contributed by atoms with Crippen molar-refractivity contribution >= 4 is 5.91 Å². The molecule has 3 rings (SSSR count). The van der Waals surface area contributed by atoms with Gasteiger partial charge in [0.25, 0.3) is 5.91 Å². The van der Waals surface area contributed by atoms with Crippen LogP contribution in [0.3, 0.4) is 0 Å². The SMILES string of the molecule is NC1CCC2CN(C(=O)c3cccc(F)c3)CC12. The van der Waals surface area contributed by atoms with Gasteiger partial charge in [-0.1, -0.05) is 6.07 Å². The molecule has 18 heavy (non-hydrogen) atoms. The van der Waals surface area contributed by atoms with E-state index < -0.39 is 0 Å². The lowest BCUT2D eigenvalue weighted by atomic mass is 9.98. The monoisotopic (exact) mass is 248 g/mol. The van der Waals surface area contributed by atoms with Crippen molar-refractivity contribution in [2.24, 2.45) is 17.6 Å². The smallest absolute Gasteiger partial charge is 0.253 e. The number of benzene rings is 1. The van der Waals surface area contributed by atoms with Gasteiger partial charge in [-0.3, -0.25) is 4.79 Å². The number of amides is 1. The number of nitrogens with two attached hydrogens (primary N) is 1. The van der Waals surface area contributed by atoms with Gasteiger partial charge in [0.1, 0.15) is 5.82 Å². The van der Waals surface area contributed by atoms with Crippen molar-refractivity contribution in [1.82, 2.24) is 4.90 Å². The summed E-state index contributed by atoms with van der Waals surface area (Å²) in [6.45, 7) is 1.49. The second-order valence-corrected chi connectivity index (χ2v) is 5.39. The Balaban J connectivity index is 1.75. The summed E-state index contributed by atoms with van der Waals surface area (Å²) < 4.78 is 13.1. The van der Waals surface area contributed by atoms with E-state index in [4.69, 9.17) is 5.73 Å². The van der Waals surface area contributed by atoms with Gasteiger partial charge in [-0.15, -0.1) is 0 Å². The molecule has 3 nitrogen and oxygen atoms in total. The standard InChI is InChI=1S/C14H17FN2O/c15-11-3-1-2-9(6-11)14(18)17-7-10-4-5-13(16)12(10)8-17/h1-3,6,10,12-13H,4-5,7-8,16H2. The Hall–Kier alpha value is -1.42. The molecule has 96 valence electrons. The number of hydrogen-bond donors (Lipinski definition) is 1. The molecular weight excluding hydrogens is 231 g/mol. The predicted molar refractivity (Wildman–Crippen MR) is 66.5 cm³/mol. The molecule has 2 aliphatic rings. The van der Waals surface area contributed by atoms with Crippen LogP contribution in [0.1, 0.15) is 23.2 Å². The molecule has 4 heteroatoms. The second-order valence-electron chi connectivity index (χ2n) is 5.39. The van der Waals surface area contributed by atoms with Crippen LogP contribution in [-0.4, -0.2) is 29.9 Å². The van der Waals surface area contributed by atoms with Gasteiger partial charge in [0.2, 0.25) is 0 Å². The lowest BCUT2D eigenvalue weighted by Crippen LogP contribution is -2.33. The number of carbonyl (C=O) groups excluding carboxylic acids is 1. The minimum Gasteiger partial charge on any atom is -0.338 e. The van der Waals surface area contributed by atoms with Crippen LogP contribution in [-0.2, 0) is 0 Å². The maximum atomic E-state index is 13.1. The molecule has 2 N–H and O–H groups in total. The van der Waals surface area contributed by atoms with Gasteiger partial charge in [0, 0.05) is 24.7 Å². The van der Waals surface area contributed by atoms with Crippen molar-refractivity contribution in [3.63, 3.8) is 0 Å². The number of likely N-dealkylation sites (tertiary alicyclic amines) is 1. The van der Waals surface area contributed by atoms with Crippen molar-refractivity contribution in [1.29, 1.82) is 0 Å². The summed E-state index contributed by atoms with van der Waals surface area (Å²) in [5.41, 5.74) is 6.48. The van der Waals surface area contributed by atoms with Crippen LogP contribution in [0, 0.1) is 17.7 Å². The molecule has 0 radical (unpaired) electrons. The Morgan fingerprint density at radius 1 is 1.33 bits per heavy atom. The van der Waals surface area contributed by atoms with Crippen LogP contribution in [0.5, 0.6) is 0 Å². The van der Waals surface area contributed by atoms with Gasteiger partial charge in [-0.25, -0.2) is 4.39 Å². The Labute approximate surface area is 106 Å². The van der Waals surface area contributed by atoms with Crippen LogP contribution in [0.4, 0.5) is 4.39 Å². The zero-order chi connectivity index (χ0) is 12.7. The van der Waals surface area contributed by atoms with Crippen LogP contribution >= 0.6 is 0 Å². The highest BCUT2D eigenvalue weighted by Gasteiger charge is 2.42. The molecule has 1 heterocycles. The maximum absolute atomic E-state index is 13.1. The van der Waals surface area contributed by atoms with E-state index in [0.717, 1.165) is 25.9 Å². The largest absolute Gasteiger partial charge is 0.338 e. The van der Waals surface area contributed by atoms with E-state index in [0.29, 0.717) is 17.4 Å². The molecule has 0 aromatic heterocycles. The van der Waals surface area contributed by atoms with Gasteiger partial charge in [-0.2, -0.15) is 0 Å². The lowest BCUT2D eigenvalue weighted by Gasteiger charge is -2.18. The van der Waals surface area contributed by atoms with Crippen LogP contribution in [0.25, 0.3) is 0 Å². The first-order valence-corrected chi connectivity index (χ1v) is 6.45. The number of fused-ring (bicyclic) bond motifs is 1. The minimum absolute atomic E-state index is 0.0731. The fraction of sp³-hybridized carbons (Fsp3) is 0.500. The molecule has 1 aliphatic heterocycles. The van der Waals surface area contributed by atoms with Crippen molar-refractivity contribution in [3.05, 3.63) is 35.6 Å². The number of nitrogens with zero attached hydrogens (tertiary/aromatic N) is 1. The Bertz CT molecular complexity index is 477. The van der Waals surface area contributed by atoms with E-state index in [2.05, 4.69) is 0 Å². The van der Waals surface area contributed by atoms with E-state index in [1.165, 1.54) is 12.1 Å². The molecule has 0 spiro atoms. The third-order valence-corrected chi connectivity index (χ3v) is 4.27. The molecule has 2 fully saturated rings. The second kappa shape index (κ2) is 4.35. The third-order valence-electron chi connectivity index (χ3n) is 4.27. The fourth-order valence-corrected chi connectivity index (χ4v) is 3.28. The van der Waals surface area contributed by atoms with Crippen LogP contribution in [0.15, 0.2) is 24.3 Å². The summed E-state index contributed by atoms with van der Waals surface area (Å²) in [5, 5.41) is 0. The van der Waals surface area contributed by atoms with Gasteiger partial charge in [0.05, 0.1) is 0 Å². The highest BCUT2D eigenvalue weighted by atomic mass is 19.1. The average Bonchev–Trinajstić information content (AvgIpc) is 2.91. The summed E-state index contributed by atoms with van der Waals surface area (Å²) in [5.74, 6) is 0.535. The van der Waals surface area contributed by atoms with Gasteiger partial charge in [-0.05, 0) is 42.9 Å². The van der Waals surface area contributed by atoms with Crippen LogP contribution in [0.2, 0.25) is 0 Å². The van der Waals surface area contributed by atoms with E-state index in [1.807, 2.05) is 4.90 Å². The molecule has 0 bridgehead atoms. The summed E-state index contributed by atoms with van der Waals surface area (Å²) in [6, 6.07) is 6.12. The highest BCUT2D eigenvalue weighted by Crippen LogP contribution is 2.37. The molecule has 1 aromatic carbocycles. The lowest BCUT2D eigenvalue weighted by molar-refractivity contribution is 0.0779. The molecule has 1 saturated carbocycles. The molecular formula is C14H17FN2O. The van der Waals surface area contributed by atoms with E-state index in [9.17, 15) is 9.18 Å². The van der Waals surface area contributed by atoms with Crippen molar-refractivity contribution < 1.29 is 9.18 Å². The molecule has 1 aliphatic carbocycles. The molecule has 3 unspecified atom stereocenters. The summed E-state index contributed by atoms with van der Waals surface area (Å²) in [6.07, 6.45) is 2.18. The van der Waals surface area contributed by atoms with Crippen molar-refractivity contribution in [2.75, 3.05) is 13.1 Å². The summed E-state index contributed by atoms with van der Waals surface area (Å²) in [7, 11) is 0. The Morgan fingerprint density at radius 2 is 2.17 bits per heavy atom. The van der Waals surface area contributed by atoms with Crippen molar-refractivity contribution in [2.45, 2.75) is 18.9 Å². The van der Waals surface area contributed by atoms with E-state index in [-0.39, 0.29) is 17.8 Å². The van der Waals surface area contributed by atoms with E-state index >= 15 is 0 Å². The van der Waals surface area contributed by atoms with E-state index in [1.54, 1.807) is 12.1 Å². The van der Waals surface area contributed by atoms with Crippen LogP contribution < -0.4 is 5.73 Å². The van der Waals surface area contributed by atoms with Gasteiger partial charge < -0.3 is 10.6 Å². The highest BCUT2D eigenvalue weighted by molar-refractivity contribution is 5.94.